The summed E-state index contributed by atoms with van der Waals surface area (Å²) < 4.78 is 22.8. The average molecular weight is 550 g/mol. The highest BCUT2D eigenvalue weighted by molar-refractivity contribution is 8.27. The fraction of sp³-hybridized carbons (Fsp3) is 0.414. The van der Waals surface area contributed by atoms with Crippen LogP contribution in [0.5, 0.6) is 23.0 Å². The second-order valence-electron chi connectivity index (χ2n) is 11.1. The lowest BCUT2D eigenvalue weighted by Crippen LogP contribution is -2.51. The predicted octanol–water partition coefficient (Wildman–Crippen LogP) is 5.95. The Morgan fingerprint density at radius 1 is 1.03 bits per heavy atom. The maximum Gasteiger partial charge on any atom is 0.317 e. The van der Waals surface area contributed by atoms with E-state index in [1.807, 2.05) is 6.07 Å². The first-order chi connectivity index (χ1) is 18.4. The number of amides is 1. The topological polar surface area (TPSA) is 74.3 Å². The van der Waals surface area contributed by atoms with Gasteiger partial charge in [-0.1, -0.05) is 30.0 Å². The van der Waals surface area contributed by atoms with Crippen molar-refractivity contribution in [1.29, 1.82) is 0 Å². The average Bonchev–Trinajstić information content (AvgIpc) is 3.47. The van der Waals surface area contributed by atoms with Crippen molar-refractivity contribution in [2.75, 3.05) is 18.8 Å². The summed E-state index contributed by atoms with van der Waals surface area (Å²) in [7, 11) is 1.56. The predicted molar refractivity (Wildman–Crippen MR) is 147 cm³/mol. The van der Waals surface area contributed by atoms with Gasteiger partial charge in [0.15, 0.2) is 27.3 Å². The molecular weight excluding hydrogens is 522 g/mol. The number of carbonyl (C=O) groups excluding carboxylic acids is 2. The molecule has 0 unspecified atom stereocenters. The van der Waals surface area contributed by atoms with Crippen LogP contribution >= 0.6 is 24.0 Å². The molecule has 4 bridgehead atoms. The number of carbonyl (C=O) groups is 2. The summed E-state index contributed by atoms with van der Waals surface area (Å²) >= 11 is 6.75. The molecule has 9 heteroatoms. The zero-order valence-corrected chi connectivity index (χ0v) is 22.6. The van der Waals surface area contributed by atoms with Crippen molar-refractivity contribution >= 4 is 51.9 Å². The van der Waals surface area contributed by atoms with Gasteiger partial charge in [-0.05, 0) is 92.2 Å². The second kappa shape index (κ2) is 9.02. The molecule has 5 fully saturated rings. The van der Waals surface area contributed by atoms with Crippen molar-refractivity contribution in [2.45, 2.75) is 38.5 Å². The van der Waals surface area contributed by atoms with E-state index >= 15 is 0 Å². The summed E-state index contributed by atoms with van der Waals surface area (Å²) in [6.45, 7) is 0.159. The quantitative estimate of drug-likeness (QED) is 0.196. The number of fused-ring (bicyclic) bond motifs is 1. The molecule has 0 aromatic heterocycles. The number of rotatable bonds is 5. The van der Waals surface area contributed by atoms with Gasteiger partial charge in [0.2, 0.25) is 6.79 Å². The van der Waals surface area contributed by atoms with E-state index < -0.39 is 0 Å². The molecule has 2 heterocycles. The third kappa shape index (κ3) is 3.98. The first-order valence-corrected chi connectivity index (χ1v) is 14.2. The zero-order valence-electron chi connectivity index (χ0n) is 20.9. The highest BCUT2D eigenvalue weighted by Crippen LogP contribution is 2.60. The number of hydrogen-bond donors (Lipinski definition) is 0. The van der Waals surface area contributed by atoms with Gasteiger partial charge in [-0.2, -0.15) is 0 Å². The van der Waals surface area contributed by atoms with E-state index in [-0.39, 0.29) is 24.1 Å². The monoisotopic (exact) mass is 549 g/mol. The Balaban J connectivity index is 1.10. The van der Waals surface area contributed by atoms with E-state index in [0.717, 1.165) is 24.8 Å². The third-order valence-corrected chi connectivity index (χ3v) is 9.87. The molecule has 0 atom stereocenters. The number of benzene rings is 2. The van der Waals surface area contributed by atoms with Crippen LogP contribution in [-0.2, 0) is 9.59 Å². The van der Waals surface area contributed by atoms with E-state index in [0.29, 0.717) is 55.7 Å². The highest BCUT2D eigenvalue weighted by atomic mass is 32.2. The lowest BCUT2D eigenvalue weighted by atomic mass is 9.49. The first-order valence-electron chi connectivity index (χ1n) is 13.0. The molecule has 0 radical (unpaired) electrons. The molecule has 4 saturated carbocycles. The zero-order chi connectivity index (χ0) is 26.0. The summed E-state index contributed by atoms with van der Waals surface area (Å²) in [6, 6.07) is 10.7. The summed E-state index contributed by atoms with van der Waals surface area (Å²) in [5.74, 6) is 3.76. The molecule has 8 rings (SSSR count). The van der Waals surface area contributed by atoms with Crippen LogP contribution in [0.15, 0.2) is 41.3 Å². The second-order valence-corrected chi connectivity index (χ2v) is 12.7. The van der Waals surface area contributed by atoms with Gasteiger partial charge in [-0.15, -0.1) is 0 Å². The minimum Gasteiger partial charge on any atom is -0.493 e. The number of ether oxygens (including phenoxy) is 4. The summed E-state index contributed by atoms with van der Waals surface area (Å²) in [4.78, 5) is 28.7. The number of methoxy groups -OCH3 is 1. The third-order valence-electron chi connectivity index (χ3n) is 8.57. The lowest BCUT2D eigenvalue weighted by Gasteiger charge is -2.55. The molecule has 1 amide bonds. The van der Waals surface area contributed by atoms with Crippen LogP contribution < -0.4 is 23.8 Å². The Labute approximate surface area is 230 Å². The number of nitrogens with zero attached hydrogens (tertiary/aromatic N) is 1. The molecule has 38 heavy (non-hydrogen) atoms. The van der Waals surface area contributed by atoms with Crippen molar-refractivity contribution < 1.29 is 28.5 Å². The van der Waals surface area contributed by atoms with Gasteiger partial charge in [-0.25, -0.2) is 0 Å². The Bertz CT molecular complexity index is 1370. The van der Waals surface area contributed by atoms with Crippen molar-refractivity contribution in [3.05, 3.63) is 46.9 Å². The Morgan fingerprint density at radius 2 is 1.74 bits per heavy atom. The Kier molecular flexibility index (Phi) is 5.70. The molecular formula is C29H27NO6S2. The van der Waals surface area contributed by atoms with Gasteiger partial charge < -0.3 is 18.9 Å². The van der Waals surface area contributed by atoms with Crippen LogP contribution in [0.1, 0.15) is 44.1 Å². The Hall–Kier alpha value is -3.04. The van der Waals surface area contributed by atoms with Crippen LogP contribution in [0.4, 0.5) is 5.69 Å². The fourth-order valence-electron chi connectivity index (χ4n) is 7.29. The van der Waals surface area contributed by atoms with E-state index in [4.69, 9.17) is 31.2 Å². The van der Waals surface area contributed by atoms with E-state index in [2.05, 4.69) is 0 Å². The number of hydrogen-bond acceptors (Lipinski definition) is 8. The molecule has 6 aliphatic rings. The van der Waals surface area contributed by atoms with Crippen LogP contribution in [0.25, 0.3) is 6.08 Å². The smallest absolute Gasteiger partial charge is 0.317 e. The fourth-order valence-corrected chi connectivity index (χ4v) is 8.59. The van der Waals surface area contributed by atoms with E-state index in [1.165, 1.54) is 35.9 Å². The molecule has 4 aliphatic carbocycles. The molecule has 0 N–H and O–H groups in total. The van der Waals surface area contributed by atoms with Gasteiger partial charge in [0.05, 0.1) is 23.1 Å². The summed E-state index contributed by atoms with van der Waals surface area (Å²) in [5.41, 5.74) is 1.04. The maximum atomic E-state index is 13.4. The van der Waals surface area contributed by atoms with Crippen molar-refractivity contribution in [3.8, 4) is 23.0 Å². The molecule has 7 nitrogen and oxygen atoms in total. The van der Waals surface area contributed by atoms with Crippen molar-refractivity contribution in [3.63, 3.8) is 0 Å². The molecule has 0 spiro atoms. The SMILES string of the molecule is COc1cc(/C=C2\SC(=S)N(c3ccc4c(c3)OCO4)C2=O)ccc1OC(=O)C12CC3CC(CC(C3)C1)C2. The van der Waals surface area contributed by atoms with Crippen LogP contribution in [0, 0.1) is 23.2 Å². The molecule has 2 aromatic rings. The van der Waals surface area contributed by atoms with Gasteiger partial charge >= 0.3 is 5.97 Å². The summed E-state index contributed by atoms with van der Waals surface area (Å²) in [6.07, 6.45) is 8.43. The van der Waals surface area contributed by atoms with Crippen molar-refractivity contribution in [1.82, 2.24) is 0 Å². The normalized spacial score (nSPS) is 29.9. The number of anilines is 1. The number of thiocarbonyl (C=S) groups is 1. The molecule has 2 aliphatic heterocycles. The first kappa shape index (κ1) is 24.0. The van der Waals surface area contributed by atoms with Crippen molar-refractivity contribution in [2.24, 2.45) is 23.2 Å². The van der Waals surface area contributed by atoms with Gasteiger partial charge in [0, 0.05) is 6.07 Å². The van der Waals surface area contributed by atoms with Gasteiger partial charge in [0.1, 0.15) is 0 Å². The number of thioether (sulfide) groups is 1. The molecule has 196 valence electrons. The molecule has 1 saturated heterocycles. The number of esters is 1. The molecule has 2 aromatic carbocycles. The van der Waals surface area contributed by atoms with Crippen LogP contribution in [-0.4, -0.2) is 30.1 Å². The highest BCUT2D eigenvalue weighted by Gasteiger charge is 2.55. The Morgan fingerprint density at radius 3 is 2.45 bits per heavy atom. The minimum atomic E-state index is -0.346. The maximum absolute atomic E-state index is 13.4. The largest absolute Gasteiger partial charge is 0.493 e. The van der Waals surface area contributed by atoms with E-state index in [9.17, 15) is 9.59 Å². The van der Waals surface area contributed by atoms with Crippen LogP contribution in [0.3, 0.4) is 0 Å². The van der Waals surface area contributed by atoms with Crippen LogP contribution in [0.2, 0.25) is 0 Å². The lowest BCUT2D eigenvalue weighted by molar-refractivity contribution is -0.161. The minimum absolute atomic E-state index is 0.118. The van der Waals surface area contributed by atoms with E-state index in [1.54, 1.807) is 43.5 Å². The van der Waals surface area contributed by atoms with Gasteiger partial charge in [0.25, 0.3) is 5.91 Å². The summed E-state index contributed by atoms with van der Waals surface area (Å²) in [5, 5.41) is 0. The van der Waals surface area contributed by atoms with Gasteiger partial charge in [-0.3, -0.25) is 14.5 Å². The standard InChI is InChI=1S/C29H27NO6S2/c1-33-23-9-16(2-4-22(23)36-27(32)29-12-17-6-18(13-29)8-19(7-17)14-29)10-25-26(31)30(28(37)38-25)20-3-5-21-24(11-20)35-15-34-21/h2-5,9-11,17-19H,6-8,12-15H2,1H3/b25-10-.